The van der Waals surface area contributed by atoms with E-state index in [1.54, 1.807) is 6.29 Å². The molecule has 0 heterocycles. The average molecular weight is 425 g/mol. The predicted molar refractivity (Wildman–Crippen MR) is 40.0 cm³/mol. The molecule has 14 heavy (non-hydrogen) atoms. The molecule has 0 aromatic rings. The SMILES string of the molecule is CC(C)N[C@H]([C-]=O)CC(=O)O.[Y].[Y].[Y]. The van der Waals surface area contributed by atoms with Gasteiger partial charge in [0.2, 0.25) is 0 Å². The Kier molecular flexibility index (Phi) is 27.9. The standard InChI is InChI=1S/C7H12NO3.3Y/c1-5(2)8-6(4-9)3-7(10)11;;;/h5-6,8H,3H2,1-2H3,(H,10,11);;;/q-1;;;/t6-;;;/m0.../s1. The number of hydrogen-bond donors (Lipinski definition) is 2. The largest absolute Gasteiger partial charge is 0.540 e. The minimum atomic E-state index is -0.994. The van der Waals surface area contributed by atoms with Gasteiger partial charge in [-0.2, -0.15) is 0 Å². The van der Waals surface area contributed by atoms with Gasteiger partial charge in [-0.25, -0.2) is 6.29 Å². The van der Waals surface area contributed by atoms with Gasteiger partial charge in [0.05, 0.1) is 0 Å². The second kappa shape index (κ2) is 15.4. The van der Waals surface area contributed by atoms with Crippen LogP contribution in [0.3, 0.4) is 0 Å². The summed E-state index contributed by atoms with van der Waals surface area (Å²) in [6.07, 6.45) is 1.42. The van der Waals surface area contributed by atoms with Crippen LogP contribution in [-0.4, -0.2) is 29.4 Å². The number of hydrogen-bond acceptors (Lipinski definition) is 3. The molecule has 0 aliphatic carbocycles. The van der Waals surface area contributed by atoms with E-state index in [4.69, 9.17) is 5.11 Å². The number of carboxylic acid groups (broad SMARTS) is 1. The minimum Gasteiger partial charge on any atom is -0.540 e. The van der Waals surface area contributed by atoms with Crippen molar-refractivity contribution < 1.29 is 113 Å². The molecule has 0 aliphatic heterocycles. The third-order valence-corrected chi connectivity index (χ3v) is 1.06. The van der Waals surface area contributed by atoms with Gasteiger partial charge in [-0.3, -0.25) is 4.79 Å². The fourth-order valence-electron chi connectivity index (χ4n) is 0.712. The van der Waals surface area contributed by atoms with E-state index >= 15 is 0 Å². The number of rotatable bonds is 5. The molecular weight excluding hydrogens is 413 g/mol. The van der Waals surface area contributed by atoms with Gasteiger partial charge in [0.1, 0.15) is 0 Å². The Bertz CT molecular complexity index is 155. The van der Waals surface area contributed by atoms with Crippen LogP contribution in [0, 0.1) is 0 Å². The smallest absolute Gasteiger partial charge is 0.302 e. The van der Waals surface area contributed by atoms with E-state index in [0.717, 1.165) is 0 Å². The van der Waals surface area contributed by atoms with Gasteiger partial charge in [-0.05, 0) is 6.04 Å². The van der Waals surface area contributed by atoms with Crippen LogP contribution in [0.2, 0.25) is 0 Å². The zero-order valence-electron chi connectivity index (χ0n) is 8.36. The molecule has 7 heteroatoms. The van der Waals surface area contributed by atoms with E-state index < -0.39 is 12.0 Å². The number of carbonyl (C=O) groups excluding carboxylic acids is 1. The van der Waals surface area contributed by atoms with Crippen LogP contribution in [-0.2, 0) is 108 Å². The predicted octanol–water partition coefficient (Wildman–Crippen LogP) is -0.0701. The van der Waals surface area contributed by atoms with Crippen molar-refractivity contribution in [1.29, 1.82) is 0 Å². The molecule has 0 saturated carbocycles. The Morgan fingerprint density at radius 3 is 2.00 bits per heavy atom. The van der Waals surface area contributed by atoms with Crippen molar-refractivity contribution in [2.75, 3.05) is 0 Å². The molecule has 0 amide bonds. The quantitative estimate of drug-likeness (QED) is 0.606. The topological polar surface area (TPSA) is 66.4 Å². The van der Waals surface area contributed by atoms with Crippen LogP contribution < -0.4 is 5.32 Å². The maximum atomic E-state index is 10.1. The number of aliphatic carboxylic acids is 1. The van der Waals surface area contributed by atoms with Gasteiger partial charge in [0.25, 0.3) is 0 Å². The Hall–Kier alpha value is 2.41. The van der Waals surface area contributed by atoms with Crippen LogP contribution in [0.5, 0.6) is 0 Å². The number of carbonyl (C=O) groups is 1. The average Bonchev–Trinajstić information content (AvgIpc) is 1.84. The van der Waals surface area contributed by atoms with Crippen molar-refractivity contribution in [3.05, 3.63) is 0 Å². The van der Waals surface area contributed by atoms with Gasteiger partial charge < -0.3 is 15.2 Å². The Morgan fingerprint density at radius 1 is 1.36 bits per heavy atom. The fraction of sp³-hybridized carbons (Fsp3) is 0.714. The van der Waals surface area contributed by atoms with Crippen molar-refractivity contribution in [3.63, 3.8) is 0 Å². The third kappa shape index (κ3) is 16.8. The Labute approximate surface area is 160 Å². The molecule has 0 rings (SSSR count). The monoisotopic (exact) mass is 425 g/mol. The van der Waals surface area contributed by atoms with Crippen LogP contribution in [0.4, 0.5) is 0 Å². The van der Waals surface area contributed by atoms with E-state index in [1.807, 2.05) is 13.8 Å². The maximum Gasteiger partial charge on any atom is 0.302 e. The zero-order chi connectivity index (χ0) is 8.85. The van der Waals surface area contributed by atoms with E-state index in [2.05, 4.69) is 5.32 Å². The summed E-state index contributed by atoms with van der Waals surface area (Å²) in [7, 11) is 0. The first-order chi connectivity index (χ1) is 5.06. The van der Waals surface area contributed by atoms with Gasteiger partial charge in [-0.1, -0.05) is 19.9 Å². The summed E-state index contributed by atoms with van der Waals surface area (Å²) in [6, 6.07) is -0.590. The fourth-order valence-corrected chi connectivity index (χ4v) is 0.712. The second-order valence-electron chi connectivity index (χ2n) is 2.59. The summed E-state index contributed by atoms with van der Waals surface area (Å²) >= 11 is 0. The molecule has 1 atom stereocenters. The molecule has 0 unspecified atom stereocenters. The molecule has 73 valence electrons. The molecule has 0 bridgehead atoms. The minimum absolute atomic E-state index is 0. The molecule has 2 N–H and O–H groups in total. The van der Waals surface area contributed by atoms with Gasteiger partial charge in [0.15, 0.2) is 0 Å². The first kappa shape index (κ1) is 25.3. The molecule has 0 aromatic heterocycles. The van der Waals surface area contributed by atoms with Crippen molar-refractivity contribution >= 4 is 12.3 Å². The molecule has 4 nitrogen and oxygen atoms in total. The van der Waals surface area contributed by atoms with Gasteiger partial charge in [0, 0.05) is 105 Å². The summed E-state index contributed by atoms with van der Waals surface area (Å²) < 4.78 is 0. The first-order valence-corrected chi connectivity index (χ1v) is 3.41. The molecule has 0 aliphatic rings. The zero-order valence-corrected chi connectivity index (χ0v) is 16.9. The van der Waals surface area contributed by atoms with Crippen molar-refractivity contribution in [3.8, 4) is 0 Å². The Balaban J connectivity index is -0.000000167. The van der Waals surface area contributed by atoms with E-state index in [0.29, 0.717) is 0 Å². The molecule has 0 fully saturated rings. The molecule has 0 spiro atoms. The molecule has 0 aromatic carbocycles. The third-order valence-electron chi connectivity index (χ3n) is 1.06. The summed E-state index contributed by atoms with van der Waals surface area (Å²) in [5.41, 5.74) is 0. The molecular formula is C7H12NO3Y3-. The van der Waals surface area contributed by atoms with Gasteiger partial charge in [-0.15, -0.1) is 0 Å². The number of nitrogens with one attached hydrogen (secondary N) is 1. The summed E-state index contributed by atoms with van der Waals surface area (Å²) in [5.74, 6) is -0.994. The van der Waals surface area contributed by atoms with Crippen LogP contribution in [0.1, 0.15) is 20.3 Å². The molecule has 0 saturated heterocycles. The van der Waals surface area contributed by atoms with Crippen LogP contribution in [0.25, 0.3) is 0 Å². The van der Waals surface area contributed by atoms with E-state index in [1.165, 1.54) is 0 Å². The van der Waals surface area contributed by atoms with E-state index in [9.17, 15) is 9.59 Å². The first-order valence-electron chi connectivity index (χ1n) is 3.41. The number of carboxylic acids is 1. The summed E-state index contributed by atoms with van der Waals surface area (Å²) in [5, 5.41) is 11.1. The summed E-state index contributed by atoms with van der Waals surface area (Å²) in [4.78, 5) is 20.3. The van der Waals surface area contributed by atoms with Crippen molar-refractivity contribution in [2.45, 2.75) is 32.4 Å². The molecule has 3 radical (unpaired) electrons. The summed E-state index contributed by atoms with van der Waals surface area (Å²) in [6.45, 7) is 3.68. The van der Waals surface area contributed by atoms with Crippen molar-refractivity contribution in [2.24, 2.45) is 0 Å². The normalized spacial score (nSPS) is 10.2. The van der Waals surface area contributed by atoms with Crippen LogP contribution in [0.15, 0.2) is 0 Å². The van der Waals surface area contributed by atoms with E-state index in [-0.39, 0.29) is 111 Å². The second-order valence-corrected chi connectivity index (χ2v) is 2.59. The van der Waals surface area contributed by atoms with Crippen molar-refractivity contribution in [1.82, 2.24) is 5.32 Å². The Morgan fingerprint density at radius 2 is 1.79 bits per heavy atom. The maximum absolute atomic E-state index is 10.1. The van der Waals surface area contributed by atoms with Gasteiger partial charge >= 0.3 is 5.97 Å². The van der Waals surface area contributed by atoms with Crippen LogP contribution >= 0.6 is 0 Å².